The van der Waals surface area contributed by atoms with Gasteiger partial charge in [0.05, 0.1) is 12.5 Å². The molecule has 0 saturated heterocycles. The summed E-state index contributed by atoms with van der Waals surface area (Å²) >= 11 is 0. The zero-order valence-corrected chi connectivity index (χ0v) is 11.1. The molecule has 19 heavy (non-hydrogen) atoms. The van der Waals surface area contributed by atoms with Gasteiger partial charge in [-0.05, 0) is 25.3 Å². The Bertz CT molecular complexity index is 420. The summed E-state index contributed by atoms with van der Waals surface area (Å²) in [4.78, 5) is 22.3. The first-order chi connectivity index (χ1) is 8.99. The number of hydrogen-bond donors (Lipinski definition) is 3. The van der Waals surface area contributed by atoms with Crippen molar-refractivity contribution < 1.29 is 9.59 Å². The van der Waals surface area contributed by atoms with E-state index < -0.39 is 11.9 Å². The van der Waals surface area contributed by atoms with Gasteiger partial charge in [-0.1, -0.05) is 30.3 Å². The Hall–Kier alpha value is -1.88. The zero-order chi connectivity index (χ0) is 14.3. The topological polar surface area (TPSA) is 98.2 Å². The largest absolute Gasteiger partial charge is 0.370 e. The lowest BCUT2D eigenvalue weighted by molar-refractivity contribution is -0.126. The standard InChI is InChI=1S/C14H21N3O2/c1-10(7-8-11-5-3-2-4-6-11)17-14(19)12(15)9-13(16)18/h2-6,10,12H,7-9,15H2,1H3,(H2,16,18)(H,17,19). The average Bonchev–Trinajstić information content (AvgIpc) is 2.36. The van der Waals surface area contributed by atoms with E-state index in [2.05, 4.69) is 5.32 Å². The molecule has 0 heterocycles. The molecule has 2 atom stereocenters. The van der Waals surface area contributed by atoms with Gasteiger partial charge in [0, 0.05) is 6.04 Å². The molecule has 5 heteroatoms. The minimum atomic E-state index is -0.864. The summed E-state index contributed by atoms with van der Waals surface area (Å²) in [7, 11) is 0. The Morgan fingerprint density at radius 2 is 1.89 bits per heavy atom. The highest BCUT2D eigenvalue weighted by molar-refractivity contribution is 5.87. The Kier molecular flexibility index (Phi) is 6.02. The minimum Gasteiger partial charge on any atom is -0.370 e. The molecular weight excluding hydrogens is 242 g/mol. The molecule has 0 aliphatic carbocycles. The molecule has 0 radical (unpaired) electrons. The first-order valence-corrected chi connectivity index (χ1v) is 6.37. The summed E-state index contributed by atoms with van der Waals surface area (Å²) in [5.74, 6) is -0.904. The molecule has 2 amide bonds. The predicted molar refractivity (Wildman–Crippen MR) is 74.2 cm³/mol. The number of amides is 2. The summed E-state index contributed by atoms with van der Waals surface area (Å²) in [6.07, 6.45) is 1.57. The number of rotatable bonds is 7. The van der Waals surface area contributed by atoms with Crippen molar-refractivity contribution >= 4 is 11.8 Å². The molecule has 104 valence electrons. The maximum atomic E-state index is 11.7. The van der Waals surface area contributed by atoms with Gasteiger partial charge in [-0.2, -0.15) is 0 Å². The van der Waals surface area contributed by atoms with Gasteiger partial charge in [0.15, 0.2) is 0 Å². The average molecular weight is 263 g/mol. The lowest BCUT2D eigenvalue weighted by Gasteiger charge is -2.16. The fourth-order valence-corrected chi connectivity index (χ4v) is 1.76. The number of nitrogens with one attached hydrogen (secondary N) is 1. The lowest BCUT2D eigenvalue weighted by Crippen LogP contribution is -2.46. The van der Waals surface area contributed by atoms with Crippen LogP contribution >= 0.6 is 0 Å². The van der Waals surface area contributed by atoms with Crippen molar-refractivity contribution in [1.29, 1.82) is 0 Å². The van der Waals surface area contributed by atoms with Crippen LogP contribution in [0.1, 0.15) is 25.3 Å². The van der Waals surface area contributed by atoms with Gasteiger partial charge in [-0.25, -0.2) is 0 Å². The number of carbonyl (C=O) groups is 2. The highest BCUT2D eigenvalue weighted by Crippen LogP contribution is 2.05. The third-order valence-corrected chi connectivity index (χ3v) is 2.86. The lowest BCUT2D eigenvalue weighted by atomic mass is 10.1. The zero-order valence-electron chi connectivity index (χ0n) is 11.1. The second kappa shape index (κ2) is 7.53. The van der Waals surface area contributed by atoms with Crippen LogP contribution in [0.5, 0.6) is 0 Å². The predicted octanol–water partition coefficient (Wildman–Crippen LogP) is 0.327. The molecule has 0 aromatic heterocycles. The number of primary amides is 1. The second-order valence-corrected chi connectivity index (χ2v) is 4.71. The van der Waals surface area contributed by atoms with E-state index in [1.807, 2.05) is 37.3 Å². The van der Waals surface area contributed by atoms with Crippen LogP contribution < -0.4 is 16.8 Å². The molecule has 0 aliphatic rings. The Morgan fingerprint density at radius 1 is 1.26 bits per heavy atom. The summed E-state index contributed by atoms with van der Waals surface area (Å²) in [5, 5.41) is 2.78. The molecule has 2 unspecified atom stereocenters. The van der Waals surface area contributed by atoms with Crippen LogP contribution in [0.4, 0.5) is 0 Å². The van der Waals surface area contributed by atoms with Crippen molar-refractivity contribution in [3.8, 4) is 0 Å². The smallest absolute Gasteiger partial charge is 0.237 e. The second-order valence-electron chi connectivity index (χ2n) is 4.71. The Labute approximate surface area is 113 Å². The van der Waals surface area contributed by atoms with Crippen LogP contribution in [0.3, 0.4) is 0 Å². The molecule has 0 fully saturated rings. The summed E-state index contributed by atoms with van der Waals surface area (Å²) < 4.78 is 0. The molecule has 0 bridgehead atoms. The Balaban J connectivity index is 2.32. The SMILES string of the molecule is CC(CCc1ccccc1)NC(=O)C(N)CC(N)=O. The number of nitrogens with two attached hydrogens (primary N) is 2. The van der Waals surface area contributed by atoms with E-state index in [1.165, 1.54) is 5.56 Å². The van der Waals surface area contributed by atoms with Crippen molar-refractivity contribution in [2.45, 2.75) is 38.3 Å². The van der Waals surface area contributed by atoms with Gasteiger partial charge in [-0.3, -0.25) is 9.59 Å². The number of carbonyl (C=O) groups excluding carboxylic acids is 2. The van der Waals surface area contributed by atoms with Crippen molar-refractivity contribution in [2.75, 3.05) is 0 Å². The van der Waals surface area contributed by atoms with Crippen molar-refractivity contribution in [3.05, 3.63) is 35.9 Å². The van der Waals surface area contributed by atoms with E-state index in [-0.39, 0.29) is 18.4 Å². The molecule has 1 aromatic rings. The summed E-state index contributed by atoms with van der Waals surface area (Å²) in [6.45, 7) is 1.91. The quantitative estimate of drug-likeness (QED) is 0.661. The van der Waals surface area contributed by atoms with Crippen LogP contribution in [-0.4, -0.2) is 23.9 Å². The molecule has 0 saturated carbocycles. The van der Waals surface area contributed by atoms with E-state index in [9.17, 15) is 9.59 Å². The van der Waals surface area contributed by atoms with Crippen LogP contribution in [0.15, 0.2) is 30.3 Å². The summed E-state index contributed by atoms with van der Waals surface area (Å²) in [5.41, 5.74) is 11.8. The molecule has 0 aliphatic heterocycles. The third kappa shape index (κ3) is 6.01. The van der Waals surface area contributed by atoms with Gasteiger partial charge >= 0.3 is 0 Å². The molecule has 5 nitrogen and oxygen atoms in total. The molecule has 0 spiro atoms. The molecule has 1 aromatic carbocycles. The fraction of sp³-hybridized carbons (Fsp3) is 0.429. The van der Waals surface area contributed by atoms with E-state index in [0.29, 0.717) is 0 Å². The molecular formula is C14H21N3O2. The first-order valence-electron chi connectivity index (χ1n) is 6.37. The van der Waals surface area contributed by atoms with E-state index in [0.717, 1.165) is 12.8 Å². The highest BCUT2D eigenvalue weighted by Gasteiger charge is 2.17. The third-order valence-electron chi connectivity index (χ3n) is 2.86. The highest BCUT2D eigenvalue weighted by atomic mass is 16.2. The van der Waals surface area contributed by atoms with Gasteiger partial charge in [0.1, 0.15) is 0 Å². The van der Waals surface area contributed by atoms with Crippen LogP contribution in [0.2, 0.25) is 0 Å². The minimum absolute atomic E-state index is 0.00614. The van der Waals surface area contributed by atoms with Gasteiger partial charge < -0.3 is 16.8 Å². The van der Waals surface area contributed by atoms with Crippen molar-refractivity contribution in [3.63, 3.8) is 0 Å². The maximum absolute atomic E-state index is 11.7. The van der Waals surface area contributed by atoms with Crippen LogP contribution in [-0.2, 0) is 16.0 Å². The number of hydrogen-bond acceptors (Lipinski definition) is 3. The van der Waals surface area contributed by atoms with Gasteiger partial charge in [0.2, 0.25) is 11.8 Å². The van der Waals surface area contributed by atoms with Crippen molar-refractivity contribution in [1.82, 2.24) is 5.32 Å². The Morgan fingerprint density at radius 3 is 2.47 bits per heavy atom. The van der Waals surface area contributed by atoms with Crippen LogP contribution in [0.25, 0.3) is 0 Å². The normalized spacial score (nSPS) is 13.6. The van der Waals surface area contributed by atoms with Crippen LogP contribution in [0, 0.1) is 0 Å². The fourth-order valence-electron chi connectivity index (χ4n) is 1.76. The molecule has 5 N–H and O–H groups in total. The van der Waals surface area contributed by atoms with Gasteiger partial charge in [0.25, 0.3) is 0 Å². The van der Waals surface area contributed by atoms with Crippen molar-refractivity contribution in [2.24, 2.45) is 11.5 Å². The maximum Gasteiger partial charge on any atom is 0.237 e. The number of benzene rings is 1. The summed E-state index contributed by atoms with van der Waals surface area (Å²) in [6, 6.07) is 9.18. The van der Waals surface area contributed by atoms with E-state index in [1.54, 1.807) is 0 Å². The number of aryl methyl sites for hydroxylation is 1. The van der Waals surface area contributed by atoms with E-state index in [4.69, 9.17) is 11.5 Å². The molecule has 1 rings (SSSR count). The monoisotopic (exact) mass is 263 g/mol. The van der Waals surface area contributed by atoms with E-state index >= 15 is 0 Å². The van der Waals surface area contributed by atoms with Gasteiger partial charge in [-0.15, -0.1) is 0 Å². The first kappa shape index (κ1) is 15.2.